The van der Waals surface area contributed by atoms with Crippen molar-refractivity contribution in [3.05, 3.63) is 47.8 Å². The lowest BCUT2D eigenvalue weighted by Crippen LogP contribution is -2.13. The molecule has 2 aromatic rings. The van der Waals surface area contributed by atoms with Gasteiger partial charge in [0.05, 0.1) is 6.04 Å². The zero-order chi connectivity index (χ0) is 15.5. The Morgan fingerprint density at radius 1 is 1.23 bits per heavy atom. The summed E-state index contributed by atoms with van der Waals surface area (Å²) in [7, 11) is 0. The molecule has 2 N–H and O–H groups in total. The maximum Gasteiger partial charge on any atom is 0.227 e. The van der Waals surface area contributed by atoms with Crippen molar-refractivity contribution in [2.24, 2.45) is 5.92 Å². The van der Waals surface area contributed by atoms with Crippen molar-refractivity contribution in [3.63, 3.8) is 0 Å². The fourth-order valence-corrected chi connectivity index (χ4v) is 2.24. The monoisotopic (exact) mass is 296 g/mol. The molecule has 1 aliphatic rings. The number of nitrogens with one attached hydrogen (secondary N) is 2. The number of carbonyl (C=O) groups excluding carboxylic acids is 1. The summed E-state index contributed by atoms with van der Waals surface area (Å²) in [5, 5.41) is 6.22. The largest absolute Gasteiger partial charge is 0.348 e. The third-order valence-corrected chi connectivity index (χ3v) is 3.77. The number of hydrogen-bond acceptors (Lipinski definition) is 4. The maximum absolute atomic E-state index is 11.7. The zero-order valence-corrected chi connectivity index (χ0v) is 12.8. The van der Waals surface area contributed by atoms with Crippen LogP contribution in [0.4, 0.5) is 11.6 Å². The molecule has 0 radical (unpaired) electrons. The van der Waals surface area contributed by atoms with Crippen LogP contribution in [0.2, 0.25) is 0 Å². The molecule has 5 heteroatoms. The maximum atomic E-state index is 11.7. The van der Waals surface area contributed by atoms with Crippen molar-refractivity contribution in [1.82, 2.24) is 9.97 Å². The minimum absolute atomic E-state index is 0.0926. The number of aromatic nitrogens is 2. The number of amides is 1. The van der Waals surface area contributed by atoms with E-state index in [4.69, 9.17) is 0 Å². The number of rotatable bonds is 5. The second-order valence-electron chi connectivity index (χ2n) is 5.77. The van der Waals surface area contributed by atoms with Gasteiger partial charge in [0.15, 0.2) is 0 Å². The van der Waals surface area contributed by atoms with Gasteiger partial charge in [-0.15, -0.1) is 0 Å². The van der Waals surface area contributed by atoms with Gasteiger partial charge < -0.3 is 10.6 Å². The Bertz CT molecular complexity index is 665. The Labute approximate surface area is 130 Å². The van der Waals surface area contributed by atoms with Crippen molar-refractivity contribution < 1.29 is 4.79 Å². The number of aryl methyl sites for hydroxylation is 1. The van der Waals surface area contributed by atoms with Crippen molar-refractivity contribution in [2.45, 2.75) is 32.7 Å². The van der Waals surface area contributed by atoms with Gasteiger partial charge in [-0.25, -0.2) is 9.97 Å². The first-order valence-electron chi connectivity index (χ1n) is 7.59. The fourth-order valence-electron chi connectivity index (χ4n) is 2.24. The summed E-state index contributed by atoms with van der Waals surface area (Å²) >= 11 is 0. The molecule has 0 aliphatic heterocycles. The quantitative estimate of drug-likeness (QED) is 0.888. The van der Waals surface area contributed by atoms with Crippen molar-refractivity contribution in [1.29, 1.82) is 0 Å². The lowest BCUT2D eigenvalue weighted by molar-refractivity contribution is -0.117. The smallest absolute Gasteiger partial charge is 0.227 e. The van der Waals surface area contributed by atoms with Gasteiger partial charge in [0, 0.05) is 23.5 Å². The van der Waals surface area contributed by atoms with E-state index >= 15 is 0 Å². The lowest BCUT2D eigenvalue weighted by atomic mass is 10.1. The standard InChI is InChI=1S/C17H20N4O/c1-11-9-10-18-17(19-11)20-12(2)13-5-7-15(8-6-13)21-16(22)14-3-4-14/h5-10,12,14H,3-4H2,1-2H3,(H,21,22)(H,18,19,20). The molecule has 1 fully saturated rings. The average molecular weight is 296 g/mol. The van der Waals surface area contributed by atoms with Gasteiger partial charge in [-0.05, 0) is 50.5 Å². The molecule has 114 valence electrons. The highest BCUT2D eigenvalue weighted by Gasteiger charge is 2.29. The number of benzene rings is 1. The van der Waals surface area contributed by atoms with Gasteiger partial charge >= 0.3 is 0 Å². The van der Waals surface area contributed by atoms with Gasteiger partial charge in [-0.2, -0.15) is 0 Å². The molecule has 1 aromatic carbocycles. The molecule has 3 rings (SSSR count). The molecule has 5 nitrogen and oxygen atoms in total. The second kappa shape index (κ2) is 6.13. The van der Waals surface area contributed by atoms with Crippen molar-refractivity contribution >= 4 is 17.5 Å². The van der Waals surface area contributed by atoms with E-state index in [1.54, 1.807) is 6.20 Å². The lowest BCUT2D eigenvalue weighted by Gasteiger charge is -2.15. The molecule has 0 saturated heterocycles. The van der Waals surface area contributed by atoms with Crippen LogP contribution in [0.3, 0.4) is 0 Å². The SMILES string of the molecule is Cc1ccnc(NC(C)c2ccc(NC(=O)C3CC3)cc2)n1. The van der Waals surface area contributed by atoms with Crippen LogP contribution in [-0.2, 0) is 4.79 Å². The highest BCUT2D eigenvalue weighted by Crippen LogP contribution is 2.30. The van der Waals surface area contributed by atoms with E-state index in [2.05, 4.69) is 27.5 Å². The summed E-state index contributed by atoms with van der Waals surface area (Å²) in [5.74, 6) is 0.976. The Morgan fingerprint density at radius 3 is 2.59 bits per heavy atom. The van der Waals surface area contributed by atoms with E-state index < -0.39 is 0 Å². The average Bonchev–Trinajstić information content (AvgIpc) is 3.32. The Kier molecular flexibility index (Phi) is 4.04. The van der Waals surface area contributed by atoms with E-state index in [9.17, 15) is 4.79 Å². The van der Waals surface area contributed by atoms with Crippen LogP contribution in [0.25, 0.3) is 0 Å². The Morgan fingerprint density at radius 2 is 1.95 bits per heavy atom. The van der Waals surface area contributed by atoms with Crippen molar-refractivity contribution in [2.75, 3.05) is 10.6 Å². The van der Waals surface area contributed by atoms with Crippen LogP contribution < -0.4 is 10.6 Å². The summed E-state index contributed by atoms with van der Waals surface area (Å²) in [6.07, 6.45) is 3.77. The summed E-state index contributed by atoms with van der Waals surface area (Å²) in [4.78, 5) is 20.3. The van der Waals surface area contributed by atoms with Crippen molar-refractivity contribution in [3.8, 4) is 0 Å². The molecular formula is C17H20N4O. The minimum Gasteiger partial charge on any atom is -0.348 e. The third kappa shape index (κ3) is 3.61. The normalized spacial score (nSPS) is 15.2. The molecular weight excluding hydrogens is 276 g/mol. The molecule has 0 bridgehead atoms. The second-order valence-corrected chi connectivity index (χ2v) is 5.77. The predicted octanol–water partition coefficient (Wildman–Crippen LogP) is 3.31. The Balaban J connectivity index is 1.62. The molecule has 1 aliphatic carbocycles. The third-order valence-electron chi connectivity index (χ3n) is 3.77. The van der Waals surface area contributed by atoms with E-state index in [0.29, 0.717) is 5.95 Å². The van der Waals surface area contributed by atoms with E-state index in [-0.39, 0.29) is 17.9 Å². The van der Waals surface area contributed by atoms with Crippen LogP contribution >= 0.6 is 0 Å². The highest BCUT2D eigenvalue weighted by molar-refractivity contribution is 5.94. The number of carbonyl (C=O) groups is 1. The van der Waals surface area contributed by atoms with Crippen LogP contribution in [0.5, 0.6) is 0 Å². The first-order valence-corrected chi connectivity index (χ1v) is 7.59. The Hall–Kier alpha value is -2.43. The van der Waals surface area contributed by atoms with Gasteiger partial charge in [-0.3, -0.25) is 4.79 Å². The molecule has 1 saturated carbocycles. The zero-order valence-electron chi connectivity index (χ0n) is 12.8. The van der Waals surface area contributed by atoms with Gasteiger partial charge in [-0.1, -0.05) is 12.1 Å². The first-order chi connectivity index (χ1) is 10.6. The molecule has 1 heterocycles. The molecule has 22 heavy (non-hydrogen) atoms. The summed E-state index contributed by atoms with van der Waals surface area (Å²) < 4.78 is 0. The van der Waals surface area contributed by atoms with E-state index in [0.717, 1.165) is 29.8 Å². The number of nitrogens with zero attached hydrogens (tertiary/aromatic N) is 2. The van der Waals surface area contributed by atoms with E-state index in [1.165, 1.54) is 0 Å². The predicted molar refractivity (Wildman–Crippen MR) is 86.6 cm³/mol. The van der Waals surface area contributed by atoms with Gasteiger partial charge in [0.25, 0.3) is 0 Å². The van der Waals surface area contributed by atoms with Crippen LogP contribution in [0.15, 0.2) is 36.5 Å². The van der Waals surface area contributed by atoms with E-state index in [1.807, 2.05) is 37.3 Å². The van der Waals surface area contributed by atoms with Crippen LogP contribution in [0, 0.1) is 12.8 Å². The van der Waals surface area contributed by atoms with Crippen LogP contribution in [0.1, 0.15) is 37.1 Å². The fraction of sp³-hybridized carbons (Fsp3) is 0.353. The molecule has 1 unspecified atom stereocenters. The summed E-state index contributed by atoms with van der Waals surface area (Å²) in [6.45, 7) is 4.00. The highest BCUT2D eigenvalue weighted by atomic mass is 16.2. The first kappa shape index (κ1) is 14.5. The topological polar surface area (TPSA) is 66.9 Å². The summed E-state index contributed by atoms with van der Waals surface area (Å²) in [5.41, 5.74) is 2.90. The molecule has 1 amide bonds. The number of anilines is 2. The molecule has 0 spiro atoms. The molecule has 1 aromatic heterocycles. The summed E-state index contributed by atoms with van der Waals surface area (Å²) in [6, 6.07) is 9.85. The minimum atomic E-state index is 0.0926. The van der Waals surface area contributed by atoms with Gasteiger partial charge in [0.1, 0.15) is 0 Å². The molecule has 1 atom stereocenters. The van der Waals surface area contributed by atoms with Crippen LogP contribution in [-0.4, -0.2) is 15.9 Å². The van der Waals surface area contributed by atoms with Gasteiger partial charge in [0.2, 0.25) is 11.9 Å². The number of hydrogen-bond donors (Lipinski definition) is 2.